The lowest BCUT2D eigenvalue weighted by atomic mass is 9.90. The summed E-state index contributed by atoms with van der Waals surface area (Å²) < 4.78 is 0.747. The largest absolute Gasteiger partial charge is 0.383 e. The summed E-state index contributed by atoms with van der Waals surface area (Å²) in [6.07, 6.45) is 0.806. The predicted molar refractivity (Wildman–Crippen MR) is 62.3 cm³/mol. The molecular formula is C9H13BrClN3. The van der Waals surface area contributed by atoms with E-state index in [4.69, 9.17) is 17.3 Å². The highest BCUT2D eigenvalue weighted by Crippen LogP contribution is 2.28. The molecule has 1 aromatic rings. The molecule has 1 aromatic heterocycles. The maximum absolute atomic E-state index is 5.73. The lowest BCUT2D eigenvalue weighted by molar-refractivity contribution is 0.405. The van der Waals surface area contributed by atoms with Crippen LogP contribution in [0, 0.1) is 5.41 Å². The third-order valence-corrected chi connectivity index (χ3v) is 2.65. The van der Waals surface area contributed by atoms with Gasteiger partial charge in [-0.3, -0.25) is 0 Å². The molecule has 0 fully saturated rings. The van der Waals surface area contributed by atoms with E-state index >= 15 is 0 Å². The van der Waals surface area contributed by atoms with E-state index in [2.05, 4.69) is 46.7 Å². The van der Waals surface area contributed by atoms with Crippen molar-refractivity contribution in [3.8, 4) is 0 Å². The SMILES string of the molecule is CC(C)(C)Cc1nc(Cl)nc(N)c1Br. The molecule has 0 aromatic carbocycles. The molecule has 5 heteroatoms. The third-order valence-electron chi connectivity index (χ3n) is 1.62. The molecule has 2 N–H and O–H groups in total. The topological polar surface area (TPSA) is 51.8 Å². The number of nitrogens with zero attached hydrogens (tertiary/aromatic N) is 2. The second-order valence-electron chi connectivity index (χ2n) is 4.38. The quantitative estimate of drug-likeness (QED) is 0.803. The van der Waals surface area contributed by atoms with Crippen molar-refractivity contribution in [2.75, 3.05) is 5.73 Å². The molecule has 0 radical (unpaired) electrons. The van der Waals surface area contributed by atoms with Crippen LogP contribution in [0.5, 0.6) is 0 Å². The molecule has 0 saturated carbocycles. The lowest BCUT2D eigenvalue weighted by Gasteiger charge is -2.18. The number of aromatic nitrogens is 2. The molecule has 0 aliphatic heterocycles. The van der Waals surface area contributed by atoms with E-state index in [1.54, 1.807) is 0 Å². The van der Waals surface area contributed by atoms with E-state index in [0.29, 0.717) is 5.82 Å². The van der Waals surface area contributed by atoms with Crippen LogP contribution in [0.15, 0.2) is 4.47 Å². The fourth-order valence-corrected chi connectivity index (χ4v) is 1.61. The molecule has 14 heavy (non-hydrogen) atoms. The minimum absolute atomic E-state index is 0.145. The van der Waals surface area contributed by atoms with Gasteiger partial charge < -0.3 is 5.73 Å². The van der Waals surface area contributed by atoms with Crippen molar-refractivity contribution >= 4 is 33.3 Å². The highest BCUT2D eigenvalue weighted by Gasteiger charge is 2.17. The van der Waals surface area contributed by atoms with Gasteiger partial charge in [0.1, 0.15) is 5.82 Å². The van der Waals surface area contributed by atoms with Crippen LogP contribution in [-0.4, -0.2) is 9.97 Å². The first-order chi connectivity index (χ1) is 6.29. The Hall–Kier alpha value is -0.350. The number of hydrogen-bond acceptors (Lipinski definition) is 3. The van der Waals surface area contributed by atoms with Crippen LogP contribution >= 0.6 is 27.5 Å². The van der Waals surface area contributed by atoms with Crippen molar-refractivity contribution in [1.29, 1.82) is 0 Å². The second-order valence-corrected chi connectivity index (χ2v) is 5.51. The van der Waals surface area contributed by atoms with Gasteiger partial charge >= 0.3 is 0 Å². The van der Waals surface area contributed by atoms with Gasteiger partial charge in [0.05, 0.1) is 10.2 Å². The van der Waals surface area contributed by atoms with Gasteiger partial charge in [0, 0.05) is 0 Å². The summed E-state index contributed by atoms with van der Waals surface area (Å²) in [5.41, 5.74) is 6.66. The summed E-state index contributed by atoms with van der Waals surface area (Å²) in [6, 6.07) is 0. The number of hydrogen-bond donors (Lipinski definition) is 1. The summed E-state index contributed by atoms with van der Waals surface area (Å²) in [6.45, 7) is 6.39. The molecule has 1 heterocycles. The van der Waals surface area contributed by atoms with E-state index in [9.17, 15) is 0 Å². The monoisotopic (exact) mass is 277 g/mol. The Labute approximate surface area is 97.2 Å². The van der Waals surface area contributed by atoms with E-state index in [0.717, 1.165) is 16.6 Å². The van der Waals surface area contributed by atoms with Crippen LogP contribution in [-0.2, 0) is 6.42 Å². The molecule has 0 spiro atoms. The molecule has 0 saturated heterocycles. The van der Waals surface area contributed by atoms with Gasteiger partial charge in [0.25, 0.3) is 0 Å². The van der Waals surface area contributed by atoms with Crippen LogP contribution in [0.25, 0.3) is 0 Å². The molecule has 0 atom stereocenters. The van der Waals surface area contributed by atoms with Crippen LogP contribution in [0.3, 0.4) is 0 Å². The standard InChI is InChI=1S/C9H13BrClN3/c1-9(2,3)4-5-6(10)7(12)14-8(11)13-5/h4H2,1-3H3,(H2,12,13,14). The predicted octanol–water partition coefficient (Wildman–Crippen LogP) is 3.06. The summed E-state index contributed by atoms with van der Waals surface area (Å²) in [5, 5.41) is 0.199. The Morgan fingerprint density at radius 1 is 1.36 bits per heavy atom. The Kier molecular flexibility index (Phi) is 3.37. The molecule has 78 valence electrons. The fraction of sp³-hybridized carbons (Fsp3) is 0.556. The zero-order chi connectivity index (χ0) is 10.9. The fourth-order valence-electron chi connectivity index (χ4n) is 1.10. The van der Waals surface area contributed by atoms with E-state index < -0.39 is 0 Å². The van der Waals surface area contributed by atoms with Gasteiger partial charge in [0.15, 0.2) is 0 Å². The van der Waals surface area contributed by atoms with E-state index in [-0.39, 0.29) is 10.7 Å². The number of nitrogen functional groups attached to an aromatic ring is 1. The van der Waals surface area contributed by atoms with Gasteiger partial charge in [0.2, 0.25) is 5.28 Å². The lowest BCUT2D eigenvalue weighted by Crippen LogP contribution is -2.12. The van der Waals surface area contributed by atoms with E-state index in [1.807, 2.05) is 0 Å². The van der Waals surface area contributed by atoms with Crippen LogP contribution in [0.1, 0.15) is 26.5 Å². The minimum atomic E-state index is 0.145. The molecule has 0 bridgehead atoms. The van der Waals surface area contributed by atoms with Crippen molar-refractivity contribution in [3.63, 3.8) is 0 Å². The van der Waals surface area contributed by atoms with Gasteiger partial charge in [-0.2, -0.15) is 4.98 Å². The third kappa shape index (κ3) is 3.10. The number of halogens is 2. The number of rotatable bonds is 1. The second kappa shape index (κ2) is 4.03. The maximum atomic E-state index is 5.73. The molecule has 0 aliphatic rings. The zero-order valence-electron chi connectivity index (χ0n) is 8.43. The average molecular weight is 279 g/mol. The molecule has 3 nitrogen and oxygen atoms in total. The average Bonchev–Trinajstić information content (AvgIpc) is 1.96. The normalized spacial score (nSPS) is 11.8. The maximum Gasteiger partial charge on any atom is 0.224 e. The van der Waals surface area contributed by atoms with Crippen molar-refractivity contribution < 1.29 is 0 Å². The Bertz CT molecular complexity index is 347. The molecule has 0 aliphatic carbocycles. The van der Waals surface area contributed by atoms with Crippen LogP contribution in [0.4, 0.5) is 5.82 Å². The first-order valence-electron chi connectivity index (χ1n) is 4.27. The van der Waals surface area contributed by atoms with E-state index in [1.165, 1.54) is 0 Å². The smallest absolute Gasteiger partial charge is 0.224 e. The molecule has 0 amide bonds. The van der Waals surface area contributed by atoms with Crippen LogP contribution < -0.4 is 5.73 Å². The Balaban J connectivity index is 3.09. The number of anilines is 1. The Morgan fingerprint density at radius 2 is 1.93 bits per heavy atom. The summed E-state index contributed by atoms with van der Waals surface area (Å²) in [5.74, 6) is 0.393. The minimum Gasteiger partial charge on any atom is -0.383 e. The van der Waals surface area contributed by atoms with Gasteiger partial charge in [-0.05, 0) is 39.4 Å². The van der Waals surface area contributed by atoms with Gasteiger partial charge in [-0.25, -0.2) is 4.98 Å². The Morgan fingerprint density at radius 3 is 2.43 bits per heavy atom. The molecule has 1 rings (SSSR count). The first-order valence-corrected chi connectivity index (χ1v) is 5.44. The van der Waals surface area contributed by atoms with Gasteiger partial charge in [-0.1, -0.05) is 20.8 Å². The zero-order valence-corrected chi connectivity index (χ0v) is 10.8. The van der Waals surface area contributed by atoms with Crippen molar-refractivity contribution in [2.24, 2.45) is 5.41 Å². The van der Waals surface area contributed by atoms with Crippen LogP contribution in [0.2, 0.25) is 5.28 Å². The van der Waals surface area contributed by atoms with Crippen molar-refractivity contribution in [1.82, 2.24) is 9.97 Å². The summed E-state index contributed by atoms with van der Waals surface area (Å²) in [4.78, 5) is 8.00. The summed E-state index contributed by atoms with van der Waals surface area (Å²) in [7, 11) is 0. The highest BCUT2D eigenvalue weighted by atomic mass is 79.9. The highest BCUT2D eigenvalue weighted by molar-refractivity contribution is 9.10. The first kappa shape index (κ1) is 11.7. The van der Waals surface area contributed by atoms with Gasteiger partial charge in [-0.15, -0.1) is 0 Å². The molecule has 0 unspecified atom stereocenters. The van der Waals surface area contributed by atoms with Crippen molar-refractivity contribution in [2.45, 2.75) is 27.2 Å². The summed E-state index contributed by atoms with van der Waals surface area (Å²) >= 11 is 9.09. The number of nitrogens with two attached hydrogens (primary N) is 1. The van der Waals surface area contributed by atoms with Crippen molar-refractivity contribution in [3.05, 3.63) is 15.5 Å². The molecular weight excluding hydrogens is 265 g/mol.